The van der Waals surface area contributed by atoms with Crippen LogP contribution in [0.2, 0.25) is 0 Å². The van der Waals surface area contributed by atoms with Gasteiger partial charge >= 0.3 is 27.6 Å². The lowest BCUT2D eigenvalue weighted by Gasteiger charge is -2.20. The minimum atomic E-state index is -4.87. The highest BCUT2D eigenvalue weighted by atomic mass is 31.2. The maximum atomic E-state index is 12.6. The van der Waals surface area contributed by atoms with Crippen molar-refractivity contribution in [3.63, 3.8) is 0 Å². The van der Waals surface area contributed by atoms with Gasteiger partial charge in [0.25, 0.3) is 0 Å². The van der Waals surface area contributed by atoms with Crippen LogP contribution in [0.25, 0.3) is 0 Å². The van der Waals surface area contributed by atoms with Crippen molar-refractivity contribution >= 4 is 27.6 Å². The second kappa shape index (κ2) is 33.4. The zero-order valence-electron chi connectivity index (χ0n) is 32.8. The Kier molecular flexibility index (Phi) is 32.4. The molecule has 0 aromatic heterocycles. The molecule has 5 N–H and O–H groups in total. The Morgan fingerprint density at radius 2 is 1.20 bits per heavy atom. The lowest BCUT2D eigenvalue weighted by Crippen LogP contribution is -2.30. The smallest absolute Gasteiger partial charge is 0.462 e. The topological polar surface area (TPSA) is 216 Å². The molecule has 0 saturated carbocycles. The van der Waals surface area contributed by atoms with Gasteiger partial charge in [0.1, 0.15) is 12.7 Å². The average molecular weight is 813 g/mol. The van der Waals surface area contributed by atoms with E-state index in [2.05, 4.69) is 29.0 Å². The largest absolute Gasteiger partial charge is 0.472 e. The lowest BCUT2D eigenvalue weighted by molar-refractivity contribution is -0.161. The van der Waals surface area contributed by atoms with Gasteiger partial charge in [-0.2, -0.15) is 0 Å². The van der Waals surface area contributed by atoms with E-state index in [1.54, 1.807) is 6.08 Å². The number of phosphoric acid groups is 2. The predicted octanol–water partition coefficient (Wildman–Crippen LogP) is 8.16. The number of carbonyl (C=O) groups excluding carboxylic acids is 2. The summed E-state index contributed by atoms with van der Waals surface area (Å²) >= 11 is 0. The molecule has 0 aromatic carbocycles. The number of phosphoric ester groups is 2. The maximum absolute atomic E-state index is 12.6. The first-order valence-corrected chi connectivity index (χ1v) is 22.7. The summed E-state index contributed by atoms with van der Waals surface area (Å²) < 4.78 is 47.5. The highest BCUT2D eigenvalue weighted by molar-refractivity contribution is 7.47. The summed E-state index contributed by atoms with van der Waals surface area (Å²) in [6.07, 6.45) is 25.0. The Labute approximate surface area is 323 Å². The van der Waals surface area contributed by atoms with Crippen LogP contribution >= 0.6 is 15.6 Å². The maximum Gasteiger partial charge on any atom is 0.472 e. The molecule has 0 amide bonds. The zero-order chi connectivity index (χ0) is 40.5. The first-order chi connectivity index (χ1) is 25.6. The Morgan fingerprint density at radius 3 is 1.81 bits per heavy atom. The van der Waals surface area contributed by atoms with E-state index in [0.29, 0.717) is 19.3 Å². The van der Waals surface area contributed by atoms with E-state index in [9.17, 15) is 33.8 Å². The Morgan fingerprint density at radius 1 is 0.648 bits per heavy atom. The van der Waals surface area contributed by atoms with Crippen molar-refractivity contribution in [1.29, 1.82) is 0 Å². The first kappa shape index (κ1) is 52.3. The molecule has 0 spiro atoms. The summed E-state index contributed by atoms with van der Waals surface area (Å²) in [5.41, 5.74) is 0. The van der Waals surface area contributed by atoms with Crippen LogP contribution in [0.3, 0.4) is 0 Å². The van der Waals surface area contributed by atoms with Crippen molar-refractivity contribution in [1.82, 2.24) is 0 Å². The van der Waals surface area contributed by atoms with Crippen LogP contribution in [0.15, 0.2) is 36.5 Å². The third kappa shape index (κ3) is 37.2. The molecular formula is C38H70O14P2. The molecule has 0 saturated heterocycles. The molecular weight excluding hydrogens is 742 g/mol. The summed E-state index contributed by atoms with van der Waals surface area (Å²) in [4.78, 5) is 52.5. The van der Waals surface area contributed by atoms with Gasteiger partial charge in [-0.25, -0.2) is 9.13 Å². The van der Waals surface area contributed by atoms with Gasteiger partial charge in [0.05, 0.1) is 25.9 Å². The standard InChI is InChI=1S/C38H70O14P2/c1-4-5-19-25-34(39)26-21-16-12-7-6-8-13-17-22-27-37(41)48-31-36(32-51-54(46,47)50-30-35(40)29-49-53(43,44)45)52-38(42)28-23-18-14-10-9-11-15-20-24-33(2)3/h5,12,16,19,21,26,33-36,39-40H,4,6-11,13-15,17-18,20,22-25,27-32H2,1-3H3,(H,46,47)(H2,43,44,45)/b16-12+,19-5+,26-21+/t34?,35-,36+/m0/s1. The van der Waals surface area contributed by atoms with Crippen LogP contribution in [-0.4, -0.2) is 81.6 Å². The number of carbonyl (C=O) groups is 2. The summed E-state index contributed by atoms with van der Waals surface area (Å²) in [5, 5.41) is 19.6. The molecule has 16 heteroatoms. The molecule has 4 atom stereocenters. The number of ether oxygens (including phenoxy) is 2. The van der Waals surface area contributed by atoms with Crippen LogP contribution < -0.4 is 0 Å². The Bertz CT molecular complexity index is 1140. The predicted molar refractivity (Wildman–Crippen MR) is 208 cm³/mol. The number of hydrogen-bond donors (Lipinski definition) is 5. The van der Waals surface area contributed by atoms with Crippen molar-refractivity contribution < 1.29 is 66.7 Å². The third-order valence-electron chi connectivity index (χ3n) is 8.04. The quantitative estimate of drug-likeness (QED) is 0.0133. The van der Waals surface area contributed by atoms with Crippen LogP contribution in [0.5, 0.6) is 0 Å². The van der Waals surface area contributed by atoms with Crippen molar-refractivity contribution in [3.05, 3.63) is 36.5 Å². The number of aliphatic hydroxyl groups excluding tert-OH is 2. The van der Waals surface area contributed by atoms with Gasteiger partial charge in [0, 0.05) is 12.8 Å². The van der Waals surface area contributed by atoms with E-state index in [-0.39, 0.29) is 12.8 Å². The normalized spacial score (nSPS) is 15.3. The summed E-state index contributed by atoms with van der Waals surface area (Å²) in [5.74, 6) is -0.359. The monoisotopic (exact) mass is 812 g/mol. The summed E-state index contributed by atoms with van der Waals surface area (Å²) in [6, 6.07) is 0. The van der Waals surface area contributed by atoms with Gasteiger partial charge in [-0.05, 0) is 44.4 Å². The molecule has 0 aliphatic rings. The van der Waals surface area contributed by atoms with Crippen LogP contribution in [0.1, 0.15) is 143 Å². The molecule has 54 heavy (non-hydrogen) atoms. The number of hydrogen-bond acceptors (Lipinski definition) is 11. The number of esters is 2. The van der Waals surface area contributed by atoms with Crippen molar-refractivity contribution in [3.8, 4) is 0 Å². The highest BCUT2D eigenvalue weighted by Gasteiger charge is 2.28. The molecule has 14 nitrogen and oxygen atoms in total. The van der Waals surface area contributed by atoms with E-state index < -0.39 is 72.3 Å². The van der Waals surface area contributed by atoms with Gasteiger partial charge in [-0.1, -0.05) is 128 Å². The molecule has 0 aliphatic heterocycles. The number of unbranched alkanes of at least 4 members (excludes halogenated alkanes) is 12. The average Bonchev–Trinajstić information content (AvgIpc) is 3.10. The second-order valence-electron chi connectivity index (χ2n) is 13.9. The Hall–Kier alpha value is -1.70. The highest BCUT2D eigenvalue weighted by Crippen LogP contribution is 2.43. The van der Waals surface area contributed by atoms with Gasteiger partial charge < -0.3 is 34.4 Å². The fourth-order valence-corrected chi connectivity index (χ4v) is 6.19. The lowest BCUT2D eigenvalue weighted by atomic mass is 10.0. The van der Waals surface area contributed by atoms with E-state index in [0.717, 1.165) is 70.1 Å². The number of aliphatic hydroxyl groups is 2. The minimum absolute atomic E-state index is 0.116. The van der Waals surface area contributed by atoms with E-state index in [1.165, 1.54) is 25.7 Å². The molecule has 0 heterocycles. The van der Waals surface area contributed by atoms with Gasteiger partial charge in [-0.15, -0.1) is 0 Å². The van der Waals surface area contributed by atoms with Gasteiger partial charge in [0.15, 0.2) is 6.10 Å². The molecule has 0 aliphatic carbocycles. The summed E-state index contributed by atoms with van der Waals surface area (Å²) in [6.45, 7) is 3.74. The molecule has 0 rings (SSSR count). The van der Waals surface area contributed by atoms with Crippen LogP contribution in [0, 0.1) is 5.92 Å². The molecule has 316 valence electrons. The number of allylic oxidation sites excluding steroid dienone is 4. The van der Waals surface area contributed by atoms with E-state index in [1.807, 2.05) is 31.2 Å². The second-order valence-corrected chi connectivity index (χ2v) is 16.6. The summed E-state index contributed by atoms with van der Waals surface area (Å²) in [7, 11) is -9.68. The molecule has 0 fully saturated rings. The Balaban J connectivity index is 4.62. The molecule has 2 unspecified atom stereocenters. The van der Waals surface area contributed by atoms with Crippen molar-refractivity contribution in [2.45, 2.75) is 161 Å². The first-order valence-electron chi connectivity index (χ1n) is 19.6. The van der Waals surface area contributed by atoms with Gasteiger partial charge in [0.2, 0.25) is 0 Å². The van der Waals surface area contributed by atoms with Gasteiger partial charge in [-0.3, -0.25) is 23.2 Å². The molecule has 0 radical (unpaired) electrons. The van der Waals surface area contributed by atoms with Crippen LogP contribution in [0.4, 0.5) is 0 Å². The zero-order valence-corrected chi connectivity index (χ0v) is 34.6. The fraction of sp³-hybridized carbons (Fsp3) is 0.789. The molecule has 0 aromatic rings. The number of rotatable bonds is 36. The van der Waals surface area contributed by atoms with Crippen molar-refractivity contribution in [2.24, 2.45) is 5.92 Å². The van der Waals surface area contributed by atoms with Crippen molar-refractivity contribution in [2.75, 3.05) is 26.4 Å². The fourth-order valence-electron chi connectivity index (χ4n) is 5.04. The van der Waals surface area contributed by atoms with E-state index >= 15 is 0 Å². The van der Waals surface area contributed by atoms with E-state index in [4.69, 9.17) is 23.8 Å². The SMILES string of the molecule is CC/C=C/CC(O)/C=C/C=C/CCCCCCCC(=O)OC[C@H](COP(=O)(O)OC[C@@H](O)COP(=O)(O)O)OC(=O)CCCCCCCCCCC(C)C. The third-order valence-corrected chi connectivity index (χ3v) is 9.48. The minimum Gasteiger partial charge on any atom is -0.462 e. The van der Waals surface area contributed by atoms with Crippen LogP contribution in [-0.2, 0) is 41.8 Å². The molecule has 0 bridgehead atoms.